The van der Waals surface area contributed by atoms with E-state index in [0.717, 1.165) is 60.7 Å². The number of nitrogens with zero attached hydrogens (tertiary/aromatic N) is 3. The van der Waals surface area contributed by atoms with Crippen LogP contribution in [0.1, 0.15) is 0 Å². The Morgan fingerprint density at radius 1 is 0.457 bits per heavy atom. The van der Waals surface area contributed by atoms with E-state index in [1.54, 1.807) is 0 Å². The van der Waals surface area contributed by atoms with Crippen LogP contribution in [0.5, 0.6) is 0 Å². The van der Waals surface area contributed by atoms with Crippen molar-refractivity contribution in [3.63, 3.8) is 0 Å². The number of rotatable bonds is 3. The van der Waals surface area contributed by atoms with Gasteiger partial charge in [-0.15, -0.1) is 0 Å². The first-order valence-electron chi connectivity index (χ1n) is 15.5. The van der Waals surface area contributed by atoms with E-state index < -0.39 is 0 Å². The van der Waals surface area contributed by atoms with Gasteiger partial charge in [-0.1, -0.05) is 103 Å². The van der Waals surface area contributed by atoms with Crippen LogP contribution in [-0.2, 0) is 0 Å². The summed E-state index contributed by atoms with van der Waals surface area (Å²) in [6.45, 7) is 0. The first-order valence-corrected chi connectivity index (χ1v) is 15.5. The lowest BCUT2D eigenvalue weighted by Gasteiger charge is -2.11. The molecule has 46 heavy (non-hydrogen) atoms. The van der Waals surface area contributed by atoms with Crippen LogP contribution in [-0.4, -0.2) is 14.5 Å². The van der Waals surface area contributed by atoms with Crippen molar-refractivity contribution in [3.05, 3.63) is 152 Å². The average Bonchev–Trinajstić information content (AvgIpc) is 3.66. The van der Waals surface area contributed by atoms with Gasteiger partial charge in [-0.2, -0.15) is 0 Å². The molecule has 0 aliphatic carbocycles. The van der Waals surface area contributed by atoms with Gasteiger partial charge in [0.2, 0.25) is 5.71 Å². The number of furan rings is 1. The largest absolute Gasteiger partial charge is 0.436 e. The molecule has 0 aliphatic rings. The fourth-order valence-corrected chi connectivity index (χ4v) is 7.04. The number of benzene rings is 7. The maximum Gasteiger partial charge on any atom is 0.246 e. The van der Waals surface area contributed by atoms with Gasteiger partial charge in [0.05, 0.1) is 27.5 Å². The molecule has 10 aromatic rings. The molecule has 0 N–H and O–H groups in total. The van der Waals surface area contributed by atoms with Crippen molar-refractivity contribution in [3.8, 4) is 27.9 Å². The number of hydrogen-bond acceptors (Lipinski definition) is 3. The van der Waals surface area contributed by atoms with Gasteiger partial charge in [0, 0.05) is 16.5 Å². The van der Waals surface area contributed by atoms with Crippen LogP contribution in [0.25, 0.3) is 93.8 Å². The van der Waals surface area contributed by atoms with Crippen molar-refractivity contribution in [2.75, 3.05) is 0 Å². The van der Waals surface area contributed by atoms with E-state index in [2.05, 4.69) is 144 Å². The lowest BCUT2D eigenvalue weighted by atomic mass is 9.98. The minimum atomic E-state index is 0.566. The van der Waals surface area contributed by atoms with Gasteiger partial charge in [0.25, 0.3) is 0 Å². The second-order valence-electron chi connectivity index (χ2n) is 11.8. The van der Waals surface area contributed by atoms with Gasteiger partial charge in [-0.3, -0.25) is 0 Å². The van der Waals surface area contributed by atoms with E-state index >= 15 is 0 Å². The second kappa shape index (κ2) is 9.62. The van der Waals surface area contributed by atoms with Crippen molar-refractivity contribution in [1.29, 1.82) is 0 Å². The second-order valence-corrected chi connectivity index (χ2v) is 11.8. The highest BCUT2D eigenvalue weighted by atomic mass is 16.3. The zero-order valence-corrected chi connectivity index (χ0v) is 24.7. The minimum Gasteiger partial charge on any atom is -0.436 e. The van der Waals surface area contributed by atoms with E-state index in [4.69, 9.17) is 14.4 Å². The van der Waals surface area contributed by atoms with Crippen LogP contribution in [0.3, 0.4) is 0 Å². The van der Waals surface area contributed by atoms with Crippen LogP contribution in [0, 0.1) is 0 Å². The van der Waals surface area contributed by atoms with Crippen molar-refractivity contribution >= 4 is 65.8 Å². The maximum absolute atomic E-state index is 6.16. The molecule has 0 fully saturated rings. The SMILES string of the molecule is c1cc(-c2cccc(-n3c4ccccc4c4ccccc43)c2)cc(-c2ccc3nc4oc5ccc6ccccc6c5c4nc3c2)c1. The number of aromatic nitrogens is 3. The number of hydrogen-bond donors (Lipinski definition) is 0. The standard InChI is InChI=1S/C42H25N3O/c1-2-14-32-26(9-1)20-22-39-40(32)41-42(46-39)44-35-21-19-30(25-36(35)43-41)28-11-7-10-27(23-28)29-12-8-13-31(24-29)45-37-17-5-3-15-33(37)34-16-4-6-18-38(34)45/h1-25H. The smallest absolute Gasteiger partial charge is 0.246 e. The summed E-state index contributed by atoms with van der Waals surface area (Å²) in [6, 6.07) is 53.6. The molecule has 3 aromatic heterocycles. The molecule has 0 saturated heterocycles. The van der Waals surface area contributed by atoms with E-state index in [-0.39, 0.29) is 0 Å². The van der Waals surface area contributed by atoms with Gasteiger partial charge in [-0.05, 0) is 81.6 Å². The Kier molecular flexibility index (Phi) is 5.25. The summed E-state index contributed by atoms with van der Waals surface area (Å²) >= 11 is 0. The van der Waals surface area contributed by atoms with Crippen LogP contribution < -0.4 is 0 Å². The molecule has 0 radical (unpaired) electrons. The minimum absolute atomic E-state index is 0.566. The predicted molar refractivity (Wildman–Crippen MR) is 190 cm³/mol. The Morgan fingerprint density at radius 2 is 1.11 bits per heavy atom. The first kappa shape index (κ1) is 25.1. The Labute approximate surface area is 263 Å². The third kappa shape index (κ3) is 3.74. The molecule has 7 aromatic carbocycles. The Balaban J connectivity index is 1.09. The molecule has 0 atom stereocenters. The number of para-hydroxylation sites is 2. The topological polar surface area (TPSA) is 43.9 Å². The Bertz CT molecular complexity index is 2770. The summed E-state index contributed by atoms with van der Waals surface area (Å²) in [4.78, 5) is 9.98. The molecular weight excluding hydrogens is 562 g/mol. The van der Waals surface area contributed by atoms with Gasteiger partial charge < -0.3 is 8.98 Å². The van der Waals surface area contributed by atoms with Crippen molar-refractivity contribution in [2.24, 2.45) is 0 Å². The maximum atomic E-state index is 6.16. The normalized spacial score (nSPS) is 11.9. The van der Waals surface area contributed by atoms with Crippen LogP contribution >= 0.6 is 0 Å². The Hall–Kier alpha value is -6.26. The van der Waals surface area contributed by atoms with Crippen molar-refractivity contribution < 1.29 is 4.42 Å². The first-order chi connectivity index (χ1) is 22.8. The zero-order chi connectivity index (χ0) is 30.2. The molecule has 0 spiro atoms. The third-order valence-electron chi connectivity index (χ3n) is 9.18. The summed E-state index contributed by atoms with van der Waals surface area (Å²) in [5, 5.41) is 5.82. The molecule has 214 valence electrons. The predicted octanol–water partition coefficient (Wildman–Crippen LogP) is 11.1. The highest BCUT2D eigenvalue weighted by molar-refractivity contribution is 6.17. The molecule has 4 heteroatoms. The highest BCUT2D eigenvalue weighted by Gasteiger charge is 2.15. The quantitative estimate of drug-likeness (QED) is 0.207. The fraction of sp³-hybridized carbons (Fsp3) is 0. The summed E-state index contributed by atoms with van der Waals surface area (Å²) in [5.74, 6) is 0. The fourth-order valence-electron chi connectivity index (χ4n) is 7.04. The molecule has 0 aliphatic heterocycles. The van der Waals surface area contributed by atoms with E-state index in [1.807, 2.05) is 12.1 Å². The Morgan fingerprint density at radius 3 is 1.89 bits per heavy atom. The summed E-state index contributed by atoms with van der Waals surface area (Å²) < 4.78 is 8.52. The molecule has 10 rings (SSSR count). The number of fused-ring (bicyclic) bond motifs is 9. The molecule has 0 amide bonds. The van der Waals surface area contributed by atoms with E-state index in [9.17, 15) is 0 Å². The summed E-state index contributed by atoms with van der Waals surface area (Å²) in [6.07, 6.45) is 0. The summed E-state index contributed by atoms with van der Waals surface area (Å²) in [7, 11) is 0. The van der Waals surface area contributed by atoms with E-state index in [0.29, 0.717) is 5.71 Å². The van der Waals surface area contributed by atoms with Crippen LogP contribution in [0.15, 0.2) is 156 Å². The van der Waals surface area contributed by atoms with Gasteiger partial charge >= 0.3 is 0 Å². The lowest BCUT2D eigenvalue weighted by molar-refractivity contribution is 0.655. The molecule has 0 unspecified atom stereocenters. The van der Waals surface area contributed by atoms with Gasteiger partial charge in [0.15, 0.2) is 0 Å². The molecular formula is C42H25N3O. The average molecular weight is 588 g/mol. The highest BCUT2D eigenvalue weighted by Crippen LogP contribution is 2.36. The third-order valence-corrected chi connectivity index (χ3v) is 9.18. The van der Waals surface area contributed by atoms with E-state index in [1.165, 1.54) is 27.4 Å². The van der Waals surface area contributed by atoms with Crippen LogP contribution in [0.2, 0.25) is 0 Å². The van der Waals surface area contributed by atoms with Crippen LogP contribution in [0.4, 0.5) is 0 Å². The van der Waals surface area contributed by atoms with Crippen molar-refractivity contribution in [2.45, 2.75) is 0 Å². The molecule has 4 nitrogen and oxygen atoms in total. The molecule has 0 bridgehead atoms. The summed E-state index contributed by atoms with van der Waals surface area (Å²) in [5.41, 5.74) is 11.9. The monoisotopic (exact) mass is 587 g/mol. The lowest BCUT2D eigenvalue weighted by Crippen LogP contribution is -1.94. The molecule has 0 saturated carbocycles. The zero-order valence-electron chi connectivity index (χ0n) is 24.7. The molecule has 3 heterocycles. The van der Waals surface area contributed by atoms with Gasteiger partial charge in [0.1, 0.15) is 11.1 Å². The van der Waals surface area contributed by atoms with Crippen molar-refractivity contribution in [1.82, 2.24) is 14.5 Å². The van der Waals surface area contributed by atoms with Gasteiger partial charge in [-0.25, -0.2) is 9.97 Å².